The van der Waals surface area contributed by atoms with Gasteiger partial charge in [-0.05, 0) is 35.4 Å². The quantitative estimate of drug-likeness (QED) is 0.826. The number of aromatic amines is 1. The van der Waals surface area contributed by atoms with Gasteiger partial charge in [-0.3, -0.25) is 0 Å². The Hall–Kier alpha value is -1.18. The molecule has 6 heteroatoms. The highest BCUT2D eigenvalue weighted by molar-refractivity contribution is 14.1. The summed E-state index contributed by atoms with van der Waals surface area (Å²) in [6.07, 6.45) is 3.48. The van der Waals surface area contributed by atoms with Crippen molar-refractivity contribution in [2.45, 2.75) is 26.7 Å². The van der Waals surface area contributed by atoms with Gasteiger partial charge < -0.3 is 10.3 Å². The lowest BCUT2D eigenvalue weighted by Crippen LogP contribution is -2.09. The van der Waals surface area contributed by atoms with Gasteiger partial charge in [-0.15, -0.1) is 0 Å². The van der Waals surface area contributed by atoms with E-state index in [0.29, 0.717) is 17.6 Å². The number of halogens is 1. The molecule has 0 saturated carbocycles. The van der Waals surface area contributed by atoms with Crippen LogP contribution in [0.2, 0.25) is 0 Å². The first-order chi connectivity index (χ1) is 8.63. The highest BCUT2D eigenvalue weighted by atomic mass is 127. The van der Waals surface area contributed by atoms with Gasteiger partial charge in [0.05, 0.1) is 9.26 Å². The second-order valence-electron chi connectivity index (χ2n) is 4.22. The molecule has 96 valence electrons. The van der Waals surface area contributed by atoms with Crippen molar-refractivity contribution in [2.24, 2.45) is 0 Å². The lowest BCUT2D eigenvalue weighted by molar-refractivity contribution is 0.806. The fourth-order valence-electron chi connectivity index (χ4n) is 1.63. The van der Waals surface area contributed by atoms with E-state index in [9.17, 15) is 0 Å². The Bertz CT molecular complexity index is 522. The van der Waals surface area contributed by atoms with Crippen LogP contribution in [0.3, 0.4) is 0 Å². The van der Waals surface area contributed by atoms with Gasteiger partial charge in [0.1, 0.15) is 5.82 Å². The molecule has 0 aliphatic heterocycles. The lowest BCUT2D eigenvalue weighted by atomic mass is 10.1. The van der Waals surface area contributed by atoms with Crippen LogP contribution in [0.15, 0.2) is 12.4 Å². The molecule has 18 heavy (non-hydrogen) atoms. The van der Waals surface area contributed by atoms with Crippen LogP contribution in [-0.4, -0.2) is 26.5 Å². The van der Waals surface area contributed by atoms with Crippen LogP contribution in [0.1, 0.15) is 32.4 Å². The van der Waals surface area contributed by atoms with Crippen LogP contribution < -0.4 is 5.32 Å². The van der Waals surface area contributed by atoms with Crippen molar-refractivity contribution in [3.63, 3.8) is 0 Å². The summed E-state index contributed by atoms with van der Waals surface area (Å²) in [7, 11) is 0. The summed E-state index contributed by atoms with van der Waals surface area (Å²) in [5, 5.41) is 3.27. The SMILES string of the molecule is CCNc1nc(-c2ncc[nH]2)nc(C(C)C)c1I. The Labute approximate surface area is 120 Å². The summed E-state index contributed by atoms with van der Waals surface area (Å²) < 4.78 is 1.08. The number of aromatic nitrogens is 4. The molecule has 2 rings (SSSR count). The van der Waals surface area contributed by atoms with Crippen LogP contribution in [0.5, 0.6) is 0 Å². The topological polar surface area (TPSA) is 66.5 Å². The molecule has 0 spiro atoms. The van der Waals surface area contributed by atoms with Crippen molar-refractivity contribution in [1.82, 2.24) is 19.9 Å². The largest absolute Gasteiger partial charge is 0.369 e. The maximum atomic E-state index is 4.60. The summed E-state index contributed by atoms with van der Waals surface area (Å²) in [4.78, 5) is 16.4. The number of imidazole rings is 1. The van der Waals surface area contributed by atoms with Crippen molar-refractivity contribution in [1.29, 1.82) is 0 Å². The zero-order valence-corrected chi connectivity index (χ0v) is 12.8. The Balaban J connectivity index is 2.55. The number of hydrogen-bond donors (Lipinski definition) is 2. The zero-order valence-electron chi connectivity index (χ0n) is 10.7. The Kier molecular flexibility index (Phi) is 4.15. The summed E-state index contributed by atoms with van der Waals surface area (Å²) in [5.41, 5.74) is 1.05. The van der Waals surface area contributed by atoms with Gasteiger partial charge in [0.2, 0.25) is 0 Å². The molecule has 2 N–H and O–H groups in total. The van der Waals surface area contributed by atoms with E-state index in [2.05, 4.69) is 68.6 Å². The normalized spacial score (nSPS) is 10.9. The third kappa shape index (κ3) is 2.63. The number of rotatable bonds is 4. The van der Waals surface area contributed by atoms with Gasteiger partial charge in [-0.25, -0.2) is 15.0 Å². The average Bonchev–Trinajstić information content (AvgIpc) is 2.85. The summed E-state index contributed by atoms with van der Waals surface area (Å²) in [6.45, 7) is 7.15. The monoisotopic (exact) mass is 357 g/mol. The van der Waals surface area contributed by atoms with Crippen LogP contribution in [0, 0.1) is 3.57 Å². The Morgan fingerprint density at radius 1 is 1.39 bits per heavy atom. The van der Waals surface area contributed by atoms with Crippen molar-refractivity contribution in [3.05, 3.63) is 21.7 Å². The van der Waals surface area contributed by atoms with Gasteiger partial charge in [-0.1, -0.05) is 13.8 Å². The molecule has 0 atom stereocenters. The number of anilines is 1. The third-order valence-corrected chi connectivity index (χ3v) is 3.54. The highest BCUT2D eigenvalue weighted by Crippen LogP contribution is 2.27. The predicted octanol–water partition coefficient (Wildman–Crippen LogP) is 3.03. The van der Waals surface area contributed by atoms with Crippen LogP contribution in [0.25, 0.3) is 11.6 Å². The van der Waals surface area contributed by atoms with Crippen LogP contribution in [0.4, 0.5) is 5.82 Å². The Morgan fingerprint density at radius 3 is 2.72 bits per heavy atom. The molecule has 2 aromatic heterocycles. The second kappa shape index (κ2) is 5.64. The number of hydrogen-bond acceptors (Lipinski definition) is 4. The zero-order chi connectivity index (χ0) is 13.1. The highest BCUT2D eigenvalue weighted by Gasteiger charge is 2.16. The van der Waals surface area contributed by atoms with Crippen molar-refractivity contribution in [3.8, 4) is 11.6 Å². The first-order valence-corrected chi connectivity index (χ1v) is 7.02. The first-order valence-electron chi connectivity index (χ1n) is 5.94. The van der Waals surface area contributed by atoms with Crippen molar-refractivity contribution < 1.29 is 0 Å². The Morgan fingerprint density at radius 2 is 2.17 bits per heavy atom. The van der Waals surface area contributed by atoms with Crippen LogP contribution in [-0.2, 0) is 0 Å². The number of H-pyrrole nitrogens is 1. The molecule has 2 heterocycles. The van der Waals surface area contributed by atoms with Gasteiger partial charge in [0.25, 0.3) is 0 Å². The molecule has 0 bridgehead atoms. The summed E-state index contributed by atoms with van der Waals surface area (Å²) in [5.74, 6) is 2.57. The smallest absolute Gasteiger partial charge is 0.197 e. The molecule has 0 aliphatic rings. The van der Waals surface area contributed by atoms with E-state index in [0.717, 1.165) is 21.6 Å². The third-order valence-electron chi connectivity index (χ3n) is 2.48. The maximum absolute atomic E-state index is 4.60. The molecule has 2 aromatic rings. The first kappa shape index (κ1) is 13.3. The van der Waals surface area contributed by atoms with Gasteiger partial charge in [0, 0.05) is 18.9 Å². The fraction of sp³-hybridized carbons (Fsp3) is 0.417. The molecule has 0 saturated heterocycles. The van der Waals surface area contributed by atoms with E-state index in [1.165, 1.54) is 0 Å². The minimum atomic E-state index is 0.353. The van der Waals surface area contributed by atoms with E-state index in [1.807, 2.05) is 0 Å². The molecule has 0 radical (unpaired) electrons. The van der Waals surface area contributed by atoms with Gasteiger partial charge in [-0.2, -0.15) is 0 Å². The summed E-state index contributed by atoms with van der Waals surface area (Å²) in [6, 6.07) is 0. The maximum Gasteiger partial charge on any atom is 0.197 e. The summed E-state index contributed by atoms with van der Waals surface area (Å²) >= 11 is 2.30. The molecule has 5 nitrogen and oxygen atoms in total. The predicted molar refractivity (Wildman–Crippen MR) is 80.6 cm³/mol. The second-order valence-corrected chi connectivity index (χ2v) is 5.30. The average molecular weight is 357 g/mol. The van der Waals surface area contributed by atoms with Gasteiger partial charge >= 0.3 is 0 Å². The molecule has 0 aliphatic carbocycles. The molecule has 0 fully saturated rings. The van der Waals surface area contributed by atoms with E-state index in [1.54, 1.807) is 12.4 Å². The molecular formula is C12H16IN5. The minimum Gasteiger partial charge on any atom is -0.369 e. The number of nitrogens with one attached hydrogen (secondary N) is 2. The molecule has 0 aromatic carbocycles. The van der Waals surface area contributed by atoms with E-state index in [-0.39, 0.29) is 0 Å². The van der Waals surface area contributed by atoms with E-state index < -0.39 is 0 Å². The van der Waals surface area contributed by atoms with E-state index >= 15 is 0 Å². The van der Waals surface area contributed by atoms with E-state index in [4.69, 9.17) is 0 Å². The molecule has 0 amide bonds. The minimum absolute atomic E-state index is 0.353. The van der Waals surface area contributed by atoms with Gasteiger partial charge in [0.15, 0.2) is 11.6 Å². The van der Waals surface area contributed by atoms with Crippen molar-refractivity contribution >= 4 is 28.4 Å². The molecular weight excluding hydrogens is 341 g/mol. The van der Waals surface area contributed by atoms with Crippen LogP contribution >= 0.6 is 22.6 Å². The van der Waals surface area contributed by atoms with Crippen molar-refractivity contribution in [2.75, 3.05) is 11.9 Å². The fourth-order valence-corrected chi connectivity index (χ4v) is 2.68. The molecule has 0 unspecified atom stereocenters. The lowest BCUT2D eigenvalue weighted by Gasteiger charge is -2.13. The number of nitrogens with zero attached hydrogens (tertiary/aromatic N) is 3. The standard InChI is InChI=1S/C12H16IN5/c1-4-14-10-8(13)9(7(2)3)17-12(18-10)11-15-5-6-16-11/h5-7H,4H2,1-3H3,(H,15,16)(H,14,17,18).